The zero-order chi connectivity index (χ0) is 16.1. The third-order valence-corrected chi connectivity index (χ3v) is 5.11. The van der Waals surface area contributed by atoms with Crippen molar-refractivity contribution >= 4 is 29.9 Å². The molecule has 2 N–H and O–H groups in total. The Hall–Kier alpha value is -0.820. The smallest absolute Gasteiger partial charge is 0.191 e. The highest BCUT2D eigenvalue weighted by molar-refractivity contribution is 14.0. The molecule has 5 heteroatoms. The van der Waals surface area contributed by atoms with Gasteiger partial charge in [-0.15, -0.1) is 24.0 Å². The Labute approximate surface area is 163 Å². The molecule has 1 aromatic carbocycles. The Morgan fingerprint density at radius 2 is 1.96 bits per heavy atom. The van der Waals surface area contributed by atoms with E-state index in [4.69, 9.17) is 0 Å². The fourth-order valence-corrected chi connectivity index (χ4v) is 3.41. The van der Waals surface area contributed by atoms with E-state index in [2.05, 4.69) is 57.8 Å². The molecule has 0 bridgehead atoms. The van der Waals surface area contributed by atoms with Crippen LogP contribution in [0.25, 0.3) is 0 Å². The Bertz CT molecular complexity index is 515. The van der Waals surface area contributed by atoms with E-state index in [0.717, 1.165) is 31.0 Å². The van der Waals surface area contributed by atoms with Gasteiger partial charge in [-0.05, 0) is 43.2 Å². The van der Waals surface area contributed by atoms with Crippen molar-refractivity contribution in [2.24, 2.45) is 10.9 Å². The van der Waals surface area contributed by atoms with Crippen molar-refractivity contribution in [3.05, 3.63) is 35.9 Å². The highest BCUT2D eigenvalue weighted by Gasteiger charge is 2.34. The molecule has 1 aliphatic carbocycles. The van der Waals surface area contributed by atoms with Gasteiger partial charge in [0.2, 0.25) is 0 Å². The predicted molar refractivity (Wildman–Crippen MR) is 112 cm³/mol. The number of nitrogens with one attached hydrogen (secondary N) is 2. The molecule has 2 aliphatic rings. The summed E-state index contributed by atoms with van der Waals surface area (Å²) < 4.78 is 0. The zero-order valence-electron chi connectivity index (χ0n) is 14.9. The minimum Gasteiger partial charge on any atom is -0.356 e. The Morgan fingerprint density at radius 1 is 1.21 bits per heavy atom. The number of nitrogens with zero attached hydrogens (tertiary/aromatic N) is 2. The molecular weight excluding hydrogens is 411 g/mol. The molecule has 3 rings (SSSR count). The lowest BCUT2D eigenvalue weighted by molar-refractivity contribution is 0.314. The first-order chi connectivity index (χ1) is 11.3. The Morgan fingerprint density at radius 3 is 2.62 bits per heavy atom. The second-order valence-corrected chi connectivity index (χ2v) is 7.03. The van der Waals surface area contributed by atoms with Crippen molar-refractivity contribution in [2.75, 3.05) is 33.2 Å². The maximum atomic E-state index is 4.36. The monoisotopic (exact) mass is 442 g/mol. The third kappa shape index (κ3) is 5.62. The molecule has 0 spiro atoms. The lowest BCUT2D eigenvalue weighted by Crippen LogP contribution is -2.41. The summed E-state index contributed by atoms with van der Waals surface area (Å²) >= 11 is 0. The van der Waals surface area contributed by atoms with Crippen molar-refractivity contribution in [1.29, 1.82) is 0 Å². The number of halogens is 1. The maximum Gasteiger partial charge on any atom is 0.191 e. The molecule has 0 amide bonds. The van der Waals surface area contributed by atoms with E-state index in [9.17, 15) is 0 Å². The van der Waals surface area contributed by atoms with Crippen LogP contribution in [0.4, 0.5) is 0 Å². The van der Waals surface area contributed by atoms with Crippen molar-refractivity contribution in [1.82, 2.24) is 15.5 Å². The highest BCUT2D eigenvalue weighted by atomic mass is 127. The molecule has 2 atom stereocenters. The summed E-state index contributed by atoms with van der Waals surface area (Å²) in [6, 6.07) is 11.6. The lowest BCUT2D eigenvalue weighted by atomic mass is 10.0. The summed E-state index contributed by atoms with van der Waals surface area (Å²) in [6.45, 7) is 6.73. The van der Waals surface area contributed by atoms with E-state index in [-0.39, 0.29) is 24.0 Å². The van der Waals surface area contributed by atoms with Gasteiger partial charge in [0.1, 0.15) is 0 Å². The summed E-state index contributed by atoms with van der Waals surface area (Å²) in [5, 5.41) is 6.97. The molecule has 4 nitrogen and oxygen atoms in total. The largest absolute Gasteiger partial charge is 0.356 e. The number of rotatable bonds is 6. The van der Waals surface area contributed by atoms with Crippen molar-refractivity contribution < 1.29 is 0 Å². The lowest BCUT2D eigenvalue weighted by Gasteiger charge is -2.19. The third-order valence-electron chi connectivity index (χ3n) is 5.11. The topological polar surface area (TPSA) is 39.7 Å². The molecule has 134 valence electrons. The molecule has 0 radical (unpaired) electrons. The first-order valence-electron chi connectivity index (χ1n) is 8.99. The number of benzene rings is 1. The fourth-order valence-electron chi connectivity index (χ4n) is 3.41. The van der Waals surface area contributed by atoms with Crippen LogP contribution in [-0.2, 0) is 0 Å². The van der Waals surface area contributed by atoms with Crippen molar-refractivity contribution in [3.8, 4) is 0 Å². The van der Waals surface area contributed by atoms with Crippen LogP contribution in [0.1, 0.15) is 37.7 Å². The number of guanidine groups is 1. The van der Waals surface area contributed by atoms with Crippen LogP contribution in [-0.4, -0.2) is 50.1 Å². The molecule has 1 saturated heterocycles. The SMILES string of the molecule is CN=C(NCC1CCN(C2CC2)C1)NCC(C)c1ccccc1.I. The first-order valence-corrected chi connectivity index (χ1v) is 8.99. The summed E-state index contributed by atoms with van der Waals surface area (Å²) in [5.74, 6) is 2.17. The highest BCUT2D eigenvalue weighted by Crippen LogP contribution is 2.31. The normalized spacial score (nSPS) is 22.8. The van der Waals surface area contributed by atoms with Gasteiger partial charge < -0.3 is 15.5 Å². The van der Waals surface area contributed by atoms with Gasteiger partial charge in [-0.25, -0.2) is 0 Å². The summed E-state index contributed by atoms with van der Waals surface area (Å²) in [4.78, 5) is 7.03. The van der Waals surface area contributed by atoms with Crippen LogP contribution in [0.2, 0.25) is 0 Å². The van der Waals surface area contributed by atoms with Gasteiger partial charge >= 0.3 is 0 Å². The van der Waals surface area contributed by atoms with Crippen LogP contribution in [0, 0.1) is 5.92 Å². The quantitative estimate of drug-likeness (QED) is 0.404. The number of hydrogen-bond acceptors (Lipinski definition) is 2. The molecule has 1 saturated carbocycles. The van der Waals surface area contributed by atoms with Crippen LogP contribution in [0.3, 0.4) is 0 Å². The van der Waals surface area contributed by atoms with E-state index in [1.807, 2.05) is 7.05 Å². The average molecular weight is 442 g/mol. The van der Waals surface area contributed by atoms with Gasteiger partial charge in [-0.3, -0.25) is 4.99 Å². The Balaban J connectivity index is 0.00000208. The minimum atomic E-state index is 0. The van der Waals surface area contributed by atoms with Crippen LogP contribution in [0.5, 0.6) is 0 Å². The number of likely N-dealkylation sites (tertiary alicyclic amines) is 1. The summed E-state index contributed by atoms with van der Waals surface area (Å²) in [7, 11) is 1.85. The van der Waals surface area contributed by atoms with Gasteiger partial charge in [-0.1, -0.05) is 37.3 Å². The predicted octanol–water partition coefficient (Wildman–Crippen LogP) is 3.06. The van der Waals surface area contributed by atoms with E-state index >= 15 is 0 Å². The molecule has 2 unspecified atom stereocenters. The second kappa shape index (κ2) is 9.61. The first kappa shape index (κ1) is 19.5. The van der Waals surface area contributed by atoms with Crippen LogP contribution < -0.4 is 10.6 Å². The number of aliphatic imine (C=N–C) groups is 1. The van der Waals surface area contributed by atoms with Gasteiger partial charge in [-0.2, -0.15) is 0 Å². The number of hydrogen-bond donors (Lipinski definition) is 2. The van der Waals surface area contributed by atoms with E-state index in [1.54, 1.807) is 0 Å². The molecule has 1 aromatic rings. The van der Waals surface area contributed by atoms with Gasteiger partial charge in [0.05, 0.1) is 0 Å². The van der Waals surface area contributed by atoms with Crippen LogP contribution >= 0.6 is 24.0 Å². The minimum absolute atomic E-state index is 0. The summed E-state index contributed by atoms with van der Waals surface area (Å²) in [5.41, 5.74) is 1.37. The van der Waals surface area contributed by atoms with Gasteiger partial charge in [0.15, 0.2) is 5.96 Å². The summed E-state index contributed by atoms with van der Waals surface area (Å²) in [6.07, 6.45) is 4.16. The van der Waals surface area contributed by atoms with Crippen molar-refractivity contribution in [3.63, 3.8) is 0 Å². The molecule has 1 aliphatic heterocycles. The fraction of sp³-hybridized carbons (Fsp3) is 0.632. The van der Waals surface area contributed by atoms with E-state index in [0.29, 0.717) is 5.92 Å². The van der Waals surface area contributed by atoms with Crippen molar-refractivity contribution in [2.45, 2.75) is 38.1 Å². The molecular formula is C19H31IN4. The van der Waals surface area contributed by atoms with Gasteiger partial charge in [0, 0.05) is 32.7 Å². The Kier molecular flexibility index (Phi) is 7.81. The van der Waals surface area contributed by atoms with Crippen LogP contribution in [0.15, 0.2) is 35.3 Å². The van der Waals surface area contributed by atoms with E-state index < -0.39 is 0 Å². The molecule has 0 aromatic heterocycles. The van der Waals surface area contributed by atoms with E-state index in [1.165, 1.54) is 37.9 Å². The average Bonchev–Trinajstić information content (AvgIpc) is 3.34. The standard InChI is InChI=1S/C19H30N4.HI/c1-15(17-6-4-3-5-7-17)12-21-19(20-2)22-13-16-10-11-23(14-16)18-8-9-18;/h3-7,15-16,18H,8-14H2,1-2H3,(H2,20,21,22);1H. The maximum absolute atomic E-state index is 4.36. The molecule has 1 heterocycles. The molecule has 24 heavy (non-hydrogen) atoms. The van der Waals surface area contributed by atoms with Gasteiger partial charge in [0.25, 0.3) is 0 Å². The zero-order valence-corrected chi connectivity index (χ0v) is 17.2. The molecule has 2 fully saturated rings. The second-order valence-electron chi connectivity index (χ2n) is 7.03.